The Morgan fingerprint density at radius 2 is 2.25 bits per heavy atom. The molecular weight excluding hydrogens is 245 g/mol. The molecule has 1 aliphatic rings. The van der Waals surface area contributed by atoms with E-state index < -0.39 is 0 Å². The van der Waals surface area contributed by atoms with Crippen LogP contribution in [0.5, 0.6) is 5.75 Å². The van der Waals surface area contributed by atoms with Gasteiger partial charge in [0, 0.05) is 0 Å². The third-order valence-electron chi connectivity index (χ3n) is 2.98. The maximum atomic E-state index is 9.00. The minimum absolute atomic E-state index is 0.149. The van der Waals surface area contributed by atoms with Gasteiger partial charge in [0.2, 0.25) is 0 Å². The zero-order valence-corrected chi connectivity index (χ0v) is 11.6. The molecule has 1 aromatic rings. The Kier molecular flexibility index (Phi) is 4.23. The molecule has 0 spiro atoms. The molecule has 1 aliphatic carbocycles. The summed E-state index contributed by atoms with van der Waals surface area (Å²) in [7, 11) is 0. The van der Waals surface area contributed by atoms with E-state index in [1.165, 1.54) is 0 Å². The van der Waals surface area contributed by atoms with Crippen LogP contribution in [0.25, 0.3) is 0 Å². The number of hydrogen-bond donors (Lipinski definition) is 0. The van der Waals surface area contributed by atoms with Crippen LogP contribution in [-0.4, -0.2) is 13.4 Å². The zero-order valence-electron chi connectivity index (χ0n) is 11.6. The standard InChI is InChI=1S/C17H14BNO/c1-12-5-4-6-13(2)17(9-12)20-15-8-7-14(11-19)16(10-15)18-3/h6-10,12H,3H2,1-2H3. The van der Waals surface area contributed by atoms with Crippen LogP contribution in [0.15, 0.2) is 41.7 Å². The average molecular weight is 259 g/mol. The van der Waals surface area contributed by atoms with Gasteiger partial charge < -0.3 is 0 Å². The predicted molar refractivity (Wildman–Crippen MR) is 83.1 cm³/mol. The third-order valence-corrected chi connectivity index (χ3v) is 2.98. The number of hydrogen-bond acceptors (Lipinski definition) is 2. The molecule has 0 amide bonds. The first-order chi connectivity index (χ1) is 9.63. The van der Waals surface area contributed by atoms with Gasteiger partial charge in [-0.25, -0.2) is 0 Å². The molecule has 0 bridgehead atoms. The molecule has 0 aromatic heterocycles. The van der Waals surface area contributed by atoms with Crippen molar-refractivity contribution >= 4 is 18.9 Å². The van der Waals surface area contributed by atoms with Gasteiger partial charge in [-0.2, -0.15) is 0 Å². The molecule has 0 aliphatic heterocycles. The monoisotopic (exact) mass is 259 g/mol. The van der Waals surface area contributed by atoms with Crippen molar-refractivity contribution in [1.29, 1.82) is 5.26 Å². The minimum atomic E-state index is 0.149. The molecule has 20 heavy (non-hydrogen) atoms. The van der Waals surface area contributed by atoms with Gasteiger partial charge >= 0.3 is 120 Å². The summed E-state index contributed by atoms with van der Waals surface area (Å²) in [6, 6.07) is 7.47. The second-order valence-electron chi connectivity index (χ2n) is 4.60. The van der Waals surface area contributed by atoms with E-state index in [0.29, 0.717) is 11.3 Å². The van der Waals surface area contributed by atoms with Crippen LogP contribution in [-0.2, 0) is 0 Å². The topological polar surface area (TPSA) is 33.0 Å². The van der Waals surface area contributed by atoms with E-state index in [1.54, 1.807) is 19.1 Å². The van der Waals surface area contributed by atoms with Gasteiger partial charge in [0.1, 0.15) is 0 Å². The van der Waals surface area contributed by atoms with Crippen molar-refractivity contribution in [3.63, 3.8) is 0 Å². The third kappa shape index (κ3) is 3.08. The van der Waals surface area contributed by atoms with Crippen molar-refractivity contribution in [1.82, 2.24) is 0 Å². The van der Waals surface area contributed by atoms with Crippen molar-refractivity contribution < 1.29 is 4.74 Å². The van der Waals surface area contributed by atoms with E-state index in [0.717, 1.165) is 16.8 Å². The Hall–Kier alpha value is -2.52. The number of nitrogens with zero attached hydrogens (tertiary/aromatic N) is 1. The van der Waals surface area contributed by atoms with Gasteiger partial charge in [0.15, 0.2) is 0 Å². The summed E-state index contributed by atoms with van der Waals surface area (Å²) in [5, 5.41) is 9.00. The Labute approximate surface area is 120 Å². The van der Waals surface area contributed by atoms with Gasteiger partial charge in [-0.3, -0.25) is 0 Å². The van der Waals surface area contributed by atoms with Crippen molar-refractivity contribution in [2.45, 2.75) is 13.8 Å². The average Bonchev–Trinajstić information content (AvgIpc) is 2.60. The van der Waals surface area contributed by atoms with Crippen LogP contribution in [0, 0.1) is 29.1 Å². The van der Waals surface area contributed by atoms with Gasteiger partial charge in [-0.05, 0) is 0 Å². The van der Waals surface area contributed by atoms with Crippen LogP contribution in [0.1, 0.15) is 19.4 Å². The molecule has 0 fully saturated rings. The molecule has 0 N–H and O–H groups in total. The van der Waals surface area contributed by atoms with Gasteiger partial charge in [-0.1, -0.05) is 0 Å². The molecule has 0 radical (unpaired) electrons. The molecule has 96 valence electrons. The van der Waals surface area contributed by atoms with E-state index in [1.807, 2.05) is 32.1 Å². The Balaban J connectivity index is 2.31. The van der Waals surface area contributed by atoms with Gasteiger partial charge in [0.05, 0.1) is 0 Å². The Morgan fingerprint density at radius 3 is 2.95 bits per heavy atom. The van der Waals surface area contributed by atoms with Crippen LogP contribution >= 0.6 is 0 Å². The molecular formula is C17H14BNO. The summed E-state index contributed by atoms with van der Waals surface area (Å²) in [4.78, 5) is 0. The molecule has 0 saturated carbocycles. The molecule has 2 rings (SSSR count). The van der Waals surface area contributed by atoms with Crippen molar-refractivity contribution in [2.24, 2.45) is 5.92 Å². The number of ether oxygens (including phenoxy) is 1. The number of nitriles is 1. The van der Waals surface area contributed by atoms with Crippen LogP contribution in [0.3, 0.4) is 0 Å². The van der Waals surface area contributed by atoms with E-state index in [4.69, 9.17) is 10.00 Å². The first kappa shape index (κ1) is 13.9. The summed E-state index contributed by atoms with van der Waals surface area (Å²) < 4.78 is 5.92. The van der Waals surface area contributed by atoms with Crippen molar-refractivity contribution in [2.75, 3.05) is 0 Å². The second kappa shape index (κ2) is 6.09. The quantitative estimate of drug-likeness (QED) is 0.615. The van der Waals surface area contributed by atoms with E-state index >= 15 is 0 Å². The SMILES string of the molecule is C=Bc1cc(OC2=CC(C)C#CC=C2C)ccc1C#N. The molecule has 1 unspecified atom stereocenters. The summed E-state index contributed by atoms with van der Waals surface area (Å²) >= 11 is 0. The zero-order chi connectivity index (χ0) is 14.5. The van der Waals surface area contributed by atoms with Crippen LogP contribution in [0.4, 0.5) is 0 Å². The molecule has 1 atom stereocenters. The van der Waals surface area contributed by atoms with Crippen molar-refractivity contribution in [3.05, 3.63) is 47.2 Å². The molecule has 2 nitrogen and oxygen atoms in total. The number of benzene rings is 1. The fourth-order valence-electron chi connectivity index (χ4n) is 1.87. The first-order valence-corrected chi connectivity index (χ1v) is 6.38. The Morgan fingerprint density at radius 1 is 1.45 bits per heavy atom. The summed E-state index contributed by atoms with van der Waals surface area (Å²) in [5.41, 5.74) is 2.35. The van der Waals surface area contributed by atoms with E-state index in [9.17, 15) is 0 Å². The van der Waals surface area contributed by atoms with Gasteiger partial charge in [-0.15, -0.1) is 0 Å². The number of allylic oxidation sites excluding steroid dienone is 3. The van der Waals surface area contributed by atoms with Crippen LogP contribution in [0.2, 0.25) is 0 Å². The van der Waals surface area contributed by atoms with Gasteiger partial charge in [0.25, 0.3) is 0 Å². The maximum absolute atomic E-state index is 9.00. The normalized spacial score (nSPS) is 16.6. The molecule has 0 saturated heterocycles. The summed E-state index contributed by atoms with van der Waals surface area (Å²) in [6.45, 7) is 9.36. The fraction of sp³-hybridized carbons (Fsp3) is 0.176. The van der Waals surface area contributed by atoms with E-state index in [2.05, 4.69) is 24.4 Å². The molecule has 1 aromatic carbocycles. The number of rotatable bonds is 3. The summed E-state index contributed by atoms with van der Waals surface area (Å²) in [5.74, 6) is 7.71. The molecule has 3 heteroatoms. The predicted octanol–water partition coefficient (Wildman–Crippen LogP) is 2.18. The second-order valence-corrected chi connectivity index (χ2v) is 4.60. The van der Waals surface area contributed by atoms with Crippen molar-refractivity contribution in [3.8, 4) is 23.7 Å². The van der Waals surface area contributed by atoms with Crippen LogP contribution < -0.4 is 10.2 Å². The summed E-state index contributed by atoms with van der Waals surface area (Å²) in [6.07, 6.45) is 3.85. The van der Waals surface area contributed by atoms with E-state index in [-0.39, 0.29) is 5.92 Å². The Bertz CT molecular complexity index is 711. The molecule has 0 heterocycles. The first-order valence-electron chi connectivity index (χ1n) is 6.38. The fourth-order valence-corrected chi connectivity index (χ4v) is 1.87.